The molecule has 3 nitrogen and oxygen atoms in total. The lowest BCUT2D eigenvalue weighted by Gasteiger charge is -2.12. The Morgan fingerprint density at radius 3 is 2.35 bits per heavy atom. The lowest BCUT2D eigenvalue weighted by atomic mass is 10.1. The van der Waals surface area contributed by atoms with Crippen LogP contribution in [0.1, 0.15) is 0 Å². The highest BCUT2D eigenvalue weighted by molar-refractivity contribution is 6.32. The quantitative estimate of drug-likeness (QED) is 0.683. The number of nitrogen functional groups attached to an aromatic ring is 2. The second-order valence-electron chi connectivity index (χ2n) is 4.49. The zero-order chi connectivity index (χ0) is 14.1. The van der Waals surface area contributed by atoms with Crippen LogP contribution in [0.15, 0.2) is 54.6 Å². The zero-order valence-corrected chi connectivity index (χ0v) is 11.4. The summed E-state index contributed by atoms with van der Waals surface area (Å²) in [7, 11) is 0. The lowest BCUT2D eigenvalue weighted by molar-refractivity contribution is 0.489. The van der Waals surface area contributed by atoms with Gasteiger partial charge in [0.05, 0.1) is 16.4 Å². The summed E-state index contributed by atoms with van der Waals surface area (Å²) >= 11 is 6.14. The van der Waals surface area contributed by atoms with Gasteiger partial charge in [-0.2, -0.15) is 0 Å². The standard InChI is InChI=1S/C16H13ClN2O/c17-12-8-13(18)14(19)9-16(12)20-15-7-3-5-10-4-1-2-6-11(10)15/h1-9H,18-19H2. The van der Waals surface area contributed by atoms with E-state index in [1.807, 2.05) is 42.5 Å². The van der Waals surface area contributed by atoms with Gasteiger partial charge in [-0.3, -0.25) is 0 Å². The van der Waals surface area contributed by atoms with Gasteiger partial charge in [0.15, 0.2) is 0 Å². The second-order valence-corrected chi connectivity index (χ2v) is 4.90. The minimum absolute atomic E-state index is 0.435. The highest BCUT2D eigenvalue weighted by atomic mass is 35.5. The van der Waals surface area contributed by atoms with E-state index in [9.17, 15) is 0 Å². The Bertz CT molecular complexity index is 781. The minimum atomic E-state index is 0.435. The third-order valence-corrected chi connectivity index (χ3v) is 3.40. The van der Waals surface area contributed by atoms with Crippen molar-refractivity contribution in [2.75, 3.05) is 11.5 Å². The molecule has 4 N–H and O–H groups in total. The monoisotopic (exact) mass is 284 g/mol. The van der Waals surface area contributed by atoms with Gasteiger partial charge < -0.3 is 16.2 Å². The number of rotatable bonds is 2. The van der Waals surface area contributed by atoms with Gasteiger partial charge in [-0.15, -0.1) is 0 Å². The van der Waals surface area contributed by atoms with Crippen LogP contribution in [-0.4, -0.2) is 0 Å². The summed E-state index contributed by atoms with van der Waals surface area (Å²) in [5, 5.41) is 2.55. The summed E-state index contributed by atoms with van der Waals surface area (Å²) in [4.78, 5) is 0. The van der Waals surface area contributed by atoms with E-state index in [0.717, 1.165) is 16.5 Å². The van der Waals surface area contributed by atoms with Crippen molar-refractivity contribution in [2.24, 2.45) is 0 Å². The average molecular weight is 285 g/mol. The lowest BCUT2D eigenvalue weighted by Crippen LogP contribution is -1.96. The molecule has 0 spiro atoms. The molecule has 3 rings (SSSR count). The summed E-state index contributed by atoms with van der Waals surface area (Å²) in [6, 6.07) is 17.1. The van der Waals surface area contributed by atoms with E-state index in [2.05, 4.69) is 0 Å². The Kier molecular flexibility index (Phi) is 3.12. The minimum Gasteiger partial charge on any atom is -0.455 e. The summed E-state index contributed by atoms with van der Waals surface area (Å²) < 4.78 is 5.89. The fraction of sp³-hybridized carbons (Fsp3) is 0. The van der Waals surface area contributed by atoms with Crippen molar-refractivity contribution in [3.8, 4) is 11.5 Å². The molecule has 0 aliphatic rings. The Morgan fingerprint density at radius 2 is 1.50 bits per heavy atom. The molecule has 0 heterocycles. The molecule has 0 saturated carbocycles. The first kappa shape index (κ1) is 12.6. The maximum absolute atomic E-state index is 6.14. The van der Waals surface area contributed by atoms with Gasteiger partial charge in [0.1, 0.15) is 11.5 Å². The van der Waals surface area contributed by atoms with Crippen LogP contribution in [0.5, 0.6) is 11.5 Å². The van der Waals surface area contributed by atoms with Crippen molar-refractivity contribution in [2.45, 2.75) is 0 Å². The van der Waals surface area contributed by atoms with Crippen LogP contribution in [0.3, 0.4) is 0 Å². The molecule has 0 fully saturated rings. The fourth-order valence-corrected chi connectivity index (χ4v) is 2.28. The maximum Gasteiger partial charge on any atom is 0.148 e. The molecular weight excluding hydrogens is 272 g/mol. The molecule has 20 heavy (non-hydrogen) atoms. The Labute approximate surface area is 121 Å². The van der Waals surface area contributed by atoms with Crippen molar-refractivity contribution in [3.63, 3.8) is 0 Å². The van der Waals surface area contributed by atoms with E-state index in [-0.39, 0.29) is 0 Å². The molecular formula is C16H13ClN2O. The summed E-state index contributed by atoms with van der Waals surface area (Å²) in [6.07, 6.45) is 0. The molecule has 0 amide bonds. The number of benzene rings is 3. The van der Waals surface area contributed by atoms with Crippen LogP contribution in [0, 0.1) is 0 Å². The van der Waals surface area contributed by atoms with Crippen LogP contribution in [0.4, 0.5) is 11.4 Å². The molecule has 0 saturated heterocycles. The molecule has 0 aliphatic heterocycles. The predicted molar refractivity (Wildman–Crippen MR) is 84.3 cm³/mol. The molecule has 3 aromatic rings. The van der Waals surface area contributed by atoms with Crippen LogP contribution < -0.4 is 16.2 Å². The first-order valence-electron chi connectivity index (χ1n) is 6.15. The number of hydrogen-bond donors (Lipinski definition) is 2. The van der Waals surface area contributed by atoms with Crippen LogP contribution in [0.25, 0.3) is 10.8 Å². The van der Waals surface area contributed by atoms with Crippen molar-refractivity contribution in [1.29, 1.82) is 0 Å². The largest absolute Gasteiger partial charge is 0.455 e. The van der Waals surface area contributed by atoms with Crippen molar-refractivity contribution >= 4 is 33.7 Å². The molecule has 0 unspecified atom stereocenters. The van der Waals surface area contributed by atoms with Crippen molar-refractivity contribution in [3.05, 3.63) is 59.6 Å². The van der Waals surface area contributed by atoms with Gasteiger partial charge in [0.2, 0.25) is 0 Å². The second kappa shape index (κ2) is 4.94. The fourth-order valence-electron chi connectivity index (χ4n) is 2.07. The van der Waals surface area contributed by atoms with Crippen LogP contribution in [0.2, 0.25) is 5.02 Å². The smallest absolute Gasteiger partial charge is 0.148 e. The summed E-state index contributed by atoms with van der Waals surface area (Å²) in [6.45, 7) is 0. The topological polar surface area (TPSA) is 61.3 Å². The first-order chi connectivity index (χ1) is 9.65. The van der Waals surface area contributed by atoms with Gasteiger partial charge in [-0.25, -0.2) is 0 Å². The third-order valence-electron chi connectivity index (χ3n) is 3.11. The molecule has 0 radical (unpaired) electrons. The maximum atomic E-state index is 6.14. The Hall–Kier alpha value is -2.39. The Balaban J connectivity index is 2.08. The van der Waals surface area contributed by atoms with Gasteiger partial charge in [0, 0.05) is 11.5 Å². The molecule has 3 aromatic carbocycles. The predicted octanol–water partition coefficient (Wildman–Crippen LogP) is 4.45. The van der Waals surface area contributed by atoms with E-state index in [1.165, 1.54) is 0 Å². The normalized spacial score (nSPS) is 10.7. The van der Waals surface area contributed by atoms with Gasteiger partial charge >= 0.3 is 0 Å². The first-order valence-corrected chi connectivity index (χ1v) is 6.53. The van der Waals surface area contributed by atoms with Crippen molar-refractivity contribution in [1.82, 2.24) is 0 Å². The number of halogens is 1. The van der Waals surface area contributed by atoms with Crippen molar-refractivity contribution < 1.29 is 4.74 Å². The zero-order valence-electron chi connectivity index (χ0n) is 10.6. The van der Waals surface area contributed by atoms with E-state index >= 15 is 0 Å². The van der Waals surface area contributed by atoms with Crippen LogP contribution >= 0.6 is 11.6 Å². The third kappa shape index (κ3) is 2.24. The number of fused-ring (bicyclic) bond motifs is 1. The SMILES string of the molecule is Nc1cc(Cl)c(Oc2cccc3ccccc23)cc1N. The summed E-state index contributed by atoms with van der Waals surface area (Å²) in [5.74, 6) is 1.23. The van der Waals surface area contributed by atoms with E-state index < -0.39 is 0 Å². The molecule has 0 aromatic heterocycles. The summed E-state index contributed by atoms with van der Waals surface area (Å²) in [5.41, 5.74) is 12.4. The van der Waals surface area contributed by atoms with E-state index in [0.29, 0.717) is 22.1 Å². The number of nitrogens with two attached hydrogens (primary N) is 2. The molecule has 100 valence electrons. The highest BCUT2D eigenvalue weighted by Crippen LogP contribution is 2.36. The molecule has 4 heteroatoms. The number of anilines is 2. The van der Waals surface area contributed by atoms with E-state index in [1.54, 1.807) is 12.1 Å². The van der Waals surface area contributed by atoms with Gasteiger partial charge in [-0.05, 0) is 17.5 Å². The molecule has 0 bridgehead atoms. The average Bonchev–Trinajstić information content (AvgIpc) is 2.45. The van der Waals surface area contributed by atoms with Crippen LogP contribution in [-0.2, 0) is 0 Å². The molecule has 0 aliphatic carbocycles. The highest BCUT2D eigenvalue weighted by Gasteiger charge is 2.09. The van der Waals surface area contributed by atoms with Gasteiger partial charge in [-0.1, -0.05) is 48.0 Å². The van der Waals surface area contributed by atoms with E-state index in [4.69, 9.17) is 27.8 Å². The Morgan fingerprint density at radius 1 is 0.800 bits per heavy atom. The molecule has 0 atom stereocenters. The van der Waals surface area contributed by atoms with Gasteiger partial charge in [0.25, 0.3) is 0 Å². The number of ether oxygens (including phenoxy) is 1. The number of hydrogen-bond acceptors (Lipinski definition) is 3.